The fourth-order valence-electron chi connectivity index (χ4n) is 8.81. The van der Waals surface area contributed by atoms with E-state index in [0.717, 1.165) is 22.3 Å². The summed E-state index contributed by atoms with van der Waals surface area (Å²) in [5, 5.41) is 16.5. The van der Waals surface area contributed by atoms with Crippen LogP contribution in [0.15, 0.2) is 48.5 Å². The minimum absolute atomic E-state index is 0.0429. The second-order valence-electron chi connectivity index (χ2n) is 22.0. The fourth-order valence-corrected chi connectivity index (χ4v) is 8.81. The van der Waals surface area contributed by atoms with E-state index in [0.29, 0.717) is 70.9 Å². The Morgan fingerprint density at radius 3 is 1.60 bits per heavy atom. The van der Waals surface area contributed by atoms with E-state index in [9.17, 15) is 38.4 Å². The van der Waals surface area contributed by atoms with Gasteiger partial charge in [-0.1, -0.05) is 48.5 Å². The molecule has 404 valence electrons. The van der Waals surface area contributed by atoms with Crippen LogP contribution in [-0.2, 0) is 42.9 Å². The normalized spacial score (nSPS) is 16.7. The van der Waals surface area contributed by atoms with Crippen LogP contribution in [0.5, 0.6) is 0 Å². The summed E-state index contributed by atoms with van der Waals surface area (Å²) in [6, 6.07) is 11.6. The van der Waals surface area contributed by atoms with Crippen molar-refractivity contribution in [1.29, 1.82) is 0 Å². The molecule has 2 aliphatic carbocycles. The Balaban J connectivity index is 1.27. The number of nitrogens with one attached hydrogen (secondary N) is 6. The third-order valence-electron chi connectivity index (χ3n) is 12.2. The summed E-state index contributed by atoms with van der Waals surface area (Å²) >= 11 is 0. The molecule has 7 amide bonds. The molecule has 0 heterocycles. The molecule has 0 aliphatic heterocycles. The molecule has 0 saturated heterocycles. The number of primary amides is 1. The number of fused-ring (bicyclic) bond motifs is 3. The van der Waals surface area contributed by atoms with Gasteiger partial charge in [-0.2, -0.15) is 0 Å². The van der Waals surface area contributed by atoms with Crippen LogP contribution in [-0.4, -0.2) is 109 Å². The van der Waals surface area contributed by atoms with E-state index in [4.69, 9.17) is 24.7 Å². The molecule has 0 unspecified atom stereocenters. The van der Waals surface area contributed by atoms with E-state index >= 15 is 0 Å². The predicted molar refractivity (Wildman–Crippen MR) is 275 cm³/mol. The highest BCUT2D eigenvalue weighted by molar-refractivity contribution is 5.89. The quantitative estimate of drug-likeness (QED) is 0.0326. The molecule has 2 aliphatic rings. The van der Waals surface area contributed by atoms with Gasteiger partial charge in [0.2, 0.25) is 11.8 Å². The van der Waals surface area contributed by atoms with E-state index < -0.39 is 76.9 Å². The number of carbonyl (C=O) groups excluding carboxylic acids is 8. The van der Waals surface area contributed by atoms with Gasteiger partial charge < -0.3 is 56.6 Å². The zero-order valence-corrected chi connectivity index (χ0v) is 44.4. The van der Waals surface area contributed by atoms with Gasteiger partial charge in [-0.05, 0) is 161 Å². The molecule has 0 radical (unpaired) electrons. The molecule has 73 heavy (non-hydrogen) atoms. The van der Waals surface area contributed by atoms with Crippen LogP contribution in [0.4, 0.5) is 14.4 Å². The van der Waals surface area contributed by atoms with Gasteiger partial charge in [0.15, 0.2) is 0 Å². The van der Waals surface area contributed by atoms with Crippen molar-refractivity contribution in [3.8, 4) is 11.1 Å². The average molecular weight is 1020 g/mol. The number of unbranched alkanes of at least 4 members (excludes halogenated alkanes) is 2. The first-order chi connectivity index (χ1) is 34.3. The Bertz CT molecular complexity index is 2160. The summed E-state index contributed by atoms with van der Waals surface area (Å²) in [6.45, 7) is 16.4. The highest BCUT2D eigenvalue weighted by Crippen LogP contribution is 2.44. The SMILES string of the molecule is CC(C)(C)OC(=O)CC[C@H](NC(=O)N[C@@H](CCCCNC(=O)[C@H](CCCCNC(N)=O)NC(=O)C1CCC(CNC(=O)OCC2c3ccccc3-c3ccccc32)CC1)C(=O)OC(C)(C)C)C(=O)OC(C)(C)C. The van der Waals surface area contributed by atoms with Gasteiger partial charge in [-0.15, -0.1) is 0 Å². The number of hydrogen-bond donors (Lipinski definition) is 7. The predicted octanol–water partition coefficient (Wildman–Crippen LogP) is 6.78. The fraction of sp³-hybridized carbons (Fsp3) is 0.630. The van der Waals surface area contributed by atoms with Crippen LogP contribution in [0.2, 0.25) is 0 Å². The maximum Gasteiger partial charge on any atom is 0.407 e. The monoisotopic (exact) mass is 1020 g/mol. The summed E-state index contributed by atoms with van der Waals surface area (Å²) < 4.78 is 22.2. The zero-order valence-electron chi connectivity index (χ0n) is 44.4. The topological polar surface area (TPSA) is 272 Å². The van der Waals surface area contributed by atoms with Crippen molar-refractivity contribution >= 4 is 47.9 Å². The molecule has 2 aromatic carbocycles. The van der Waals surface area contributed by atoms with Crippen molar-refractivity contribution in [3.63, 3.8) is 0 Å². The number of carbonyl (C=O) groups is 8. The molecular formula is C54H81N7O12. The average Bonchev–Trinajstić information content (AvgIpc) is 3.62. The van der Waals surface area contributed by atoms with Crippen molar-refractivity contribution in [1.82, 2.24) is 31.9 Å². The van der Waals surface area contributed by atoms with E-state index in [1.807, 2.05) is 24.3 Å². The highest BCUT2D eigenvalue weighted by Gasteiger charge is 2.34. The molecule has 0 bridgehead atoms. The standard InChI is InChI=1S/C54H81N7O12/c1-52(2,3)71-44(62)29-28-43(48(66)73-54(7,8)9)61-50(68)60-42(47(65)72-53(4,5)6)23-15-16-30-56-46(64)41(22-14-17-31-57-49(55)67)59-45(63)35-26-24-34(25-27-35)32-58-51(69)70-33-40-38-20-12-10-18-36(38)37-19-11-13-21-39(37)40/h10-13,18-21,34-35,40-43H,14-17,22-33H2,1-9H3,(H,56,64)(H,58,69)(H,59,63)(H3,55,57,67)(H2,60,61,68)/t34?,35?,41-,42-,43-/m0/s1. The lowest BCUT2D eigenvalue weighted by Gasteiger charge is -2.29. The Morgan fingerprint density at radius 1 is 0.589 bits per heavy atom. The summed E-state index contributed by atoms with van der Waals surface area (Å²) in [4.78, 5) is 104. The molecule has 2 aromatic rings. The second-order valence-corrected chi connectivity index (χ2v) is 22.0. The molecule has 19 nitrogen and oxygen atoms in total. The lowest BCUT2D eigenvalue weighted by Crippen LogP contribution is -2.53. The van der Waals surface area contributed by atoms with Gasteiger partial charge in [-0.25, -0.2) is 24.0 Å². The first kappa shape index (κ1) is 59.2. The molecule has 0 spiro atoms. The van der Waals surface area contributed by atoms with Crippen LogP contribution in [0.1, 0.15) is 156 Å². The van der Waals surface area contributed by atoms with E-state index in [1.54, 1.807) is 62.3 Å². The third-order valence-corrected chi connectivity index (χ3v) is 12.2. The molecule has 19 heteroatoms. The number of rotatable bonds is 24. The van der Waals surface area contributed by atoms with Gasteiger partial charge in [0, 0.05) is 37.9 Å². The number of nitrogens with two attached hydrogens (primary N) is 1. The van der Waals surface area contributed by atoms with Gasteiger partial charge >= 0.3 is 36.1 Å². The summed E-state index contributed by atoms with van der Waals surface area (Å²) in [6.07, 6.45) is 3.99. The molecule has 8 N–H and O–H groups in total. The Hall–Kier alpha value is -6.40. The number of amides is 7. The van der Waals surface area contributed by atoms with Gasteiger partial charge in [0.25, 0.3) is 0 Å². The van der Waals surface area contributed by atoms with Gasteiger partial charge in [0.1, 0.15) is 41.5 Å². The minimum atomic E-state index is -1.24. The number of alkyl carbamates (subject to hydrolysis) is 1. The van der Waals surface area contributed by atoms with Crippen molar-refractivity contribution in [3.05, 3.63) is 59.7 Å². The van der Waals surface area contributed by atoms with E-state index in [2.05, 4.69) is 56.2 Å². The van der Waals surface area contributed by atoms with E-state index in [-0.39, 0.29) is 56.1 Å². The Morgan fingerprint density at radius 2 is 1.08 bits per heavy atom. The molecule has 1 fully saturated rings. The van der Waals surface area contributed by atoms with Gasteiger partial charge in [-0.3, -0.25) is 14.4 Å². The van der Waals surface area contributed by atoms with Crippen LogP contribution in [0.3, 0.4) is 0 Å². The maximum atomic E-state index is 13.6. The molecule has 0 aromatic heterocycles. The number of esters is 3. The largest absolute Gasteiger partial charge is 0.460 e. The molecule has 4 rings (SSSR count). The number of ether oxygens (including phenoxy) is 4. The van der Waals surface area contributed by atoms with Gasteiger partial charge in [0.05, 0.1) is 0 Å². The van der Waals surface area contributed by atoms with Crippen LogP contribution < -0.4 is 37.6 Å². The zero-order chi connectivity index (χ0) is 53.9. The maximum absolute atomic E-state index is 13.6. The van der Waals surface area contributed by atoms with Crippen LogP contribution in [0.25, 0.3) is 11.1 Å². The smallest absolute Gasteiger partial charge is 0.407 e. The number of benzene rings is 2. The lowest BCUT2D eigenvalue weighted by atomic mass is 9.81. The Kier molecular flexibility index (Phi) is 22.4. The highest BCUT2D eigenvalue weighted by atomic mass is 16.6. The summed E-state index contributed by atoms with van der Waals surface area (Å²) in [7, 11) is 0. The van der Waals surface area contributed by atoms with Crippen LogP contribution in [0, 0.1) is 11.8 Å². The number of urea groups is 2. The minimum Gasteiger partial charge on any atom is -0.460 e. The molecular weight excluding hydrogens is 939 g/mol. The van der Waals surface area contributed by atoms with Crippen molar-refractivity contribution in [2.24, 2.45) is 17.6 Å². The van der Waals surface area contributed by atoms with Crippen molar-refractivity contribution in [2.45, 2.75) is 180 Å². The number of hydrogen-bond acceptors (Lipinski definition) is 12. The van der Waals surface area contributed by atoms with Crippen molar-refractivity contribution < 1.29 is 57.3 Å². The molecule has 3 atom stereocenters. The van der Waals surface area contributed by atoms with Crippen molar-refractivity contribution in [2.75, 3.05) is 26.2 Å². The first-order valence-electron chi connectivity index (χ1n) is 25.7. The van der Waals surface area contributed by atoms with E-state index in [1.165, 1.54) is 0 Å². The van der Waals surface area contributed by atoms with Crippen LogP contribution >= 0.6 is 0 Å². The summed E-state index contributed by atoms with van der Waals surface area (Å²) in [5.74, 6) is -2.87. The second kappa shape index (κ2) is 27.6. The first-order valence-corrected chi connectivity index (χ1v) is 25.7. The molecule has 1 saturated carbocycles. The summed E-state index contributed by atoms with van der Waals surface area (Å²) in [5.41, 5.74) is 7.27. The Labute approximate surface area is 430 Å². The lowest BCUT2D eigenvalue weighted by molar-refractivity contribution is -0.159. The third kappa shape index (κ3) is 21.3.